The van der Waals surface area contributed by atoms with Crippen molar-refractivity contribution in [2.24, 2.45) is 0 Å². The van der Waals surface area contributed by atoms with Crippen LogP contribution in [0.5, 0.6) is 5.75 Å². The second kappa shape index (κ2) is 8.40. The number of hydrogen-bond donors (Lipinski definition) is 0. The highest BCUT2D eigenvalue weighted by Gasteiger charge is 2.31. The van der Waals surface area contributed by atoms with E-state index in [4.69, 9.17) is 4.74 Å². The monoisotopic (exact) mass is 449 g/mol. The molecule has 0 N–H and O–H groups in total. The molecular weight excluding hydrogens is 430 g/mol. The summed E-state index contributed by atoms with van der Waals surface area (Å²) in [6.07, 6.45) is 0. The number of methoxy groups -OCH3 is 1. The van der Waals surface area contributed by atoms with Crippen molar-refractivity contribution < 1.29 is 13.2 Å². The number of hydrogen-bond acceptors (Lipinski definition) is 5. The highest BCUT2D eigenvalue weighted by molar-refractivity contribution is 9.10. The second-order valence-corrected chi connectivity index (χ2v) is 8.97. The van der Waals surface area contributed by atoms with E-state index in [1.165, 1.54) is 11.4 Å². The summed E-state index contributed by atoms with van der Waals surface area (Å²) < 4.78 is 33.1. The van der Waals surface area contributed by atoms with E-state index in [0.29, 0.717) is 36.4 Å². The predicted molar refractivity (Wildman–Crippen MR) is 106 cm³/mol. The first-order valence-corrected chi connectivity index (χ1v) is 10.7. The first-order valence-electron chi connectivity index (χ1n) is 8.49. The Hall–Kier alpha value is -1.92. The molecule has 1 atom stereocenters. The fraction of sp³-hybridized carbons (Fsp3) is 0.316. The maximum atomic E-state index is 12.9. The van der Waals surface area contributed by atoms with E-state index in [1.54, 1.807) is 18.2 Å². The molecule has 2 aromatic carbocycles. The summed E-state index contributed by atoms with van der Waals surface area (Å²) in [6.45, 7) is 1.70. The van der Waals surface area contributed by atoms with E-state index in [2.05, 4.69) is 22.0 Å². The number of sulfonamides is 1. The number of benzene rings is 2. The van der Waals surface area contributed by atoms with Crippen LogP contribution in [0, 0.1) is 11.3 Å². The van der Waals surface area contributed by atoms with Crippen LogP contribution in [-0.2, 0) is 10.0 Å². The number of piperazine rings is 1. The van der Waals surface area contributed by atoms with Crippen LogP contribution in [0.15, 0.2) is 57.9 Å². The first kappa shape index (κ1) is 19.8. The van der Waals surface area contributed by atoms with E-state index in [0.717, 1.165) is 5.56 Å². The summed E-state index contributed by atoms with van der Waals surface area (Å²) in [4.78, 5) is 2.24. The zero-order valence-corrected chi connectivity index (χ0v) is 17.3. The van der Waals surface area contributed by atoms with E-state index in [9.17, 15) is 13.7 Å². The molecule has 8 heteroatoms. The SMILES string of the molecule is COc1ccc(S(=O)(=O)N2CCN(C(C#N)c3ccccc3)CC2)cc1Br. The third-order valence-corrected chi connectivity index (χ3v) is 7.15. The zero-order valence-electron chi connectivity index (χ0n) is 14.9. The molecule has 1 aliphatic heterocycles. The Morgan fingerprint density at radius 2 is 1.78 bits per heavy atom. The quantitative estimate of drug-likeness (QED) is 0.700. The molecule has 1 fully saturated rings. The molecule has 1 heterocycles. The van der Waals surface area contributed by atoms with Crippen LogP contribution in [0.4, 0.5) is 0 Å². The standard InChI is InChI=1S/C19H20BrN3O3S/c1-26-19-8-7-16(13-17(19)20)27(24,25)23-11-9-22(10-12-23)18(14-21)15-5-3-2-4-6-15/h2-8,13,18H,9-12H2,1H3. The van der Waals surface area contributed by atoms with Gasteiger partial charge in [0.2, 0.25) is 10.0 Å². The number of rotatable bonds is 5. The molecule has 6 nitrogen and oxygen atoms in total. The highest BCUT2D eigenvalue weighted by Crippen LogP contribution is 2.30. The maximum absolute atomic E-state index is 12.9. The minimum Gasteiger partial charge on any atom is -0.496 e. The number of ether oxygens (including phenoxy) is 1. The lowest BCUT2D eigenvalue weighted by Gasteiger charge is -2.36. The van der Waals surface area contributed by atoms with Gasteiger partial charge < -0.3 is 4.74 Å². The molecule has 0 aliphatic carbocycles. The van der Waals surface area contributed by atoms with E-state index < -0.39 is 10.0 Å². The Morgan fingerprint density at radius 3 is 2.33 bits per heavy atom. The van der Waals surface area contributed by atoms with Crippen LogP contribution >= 0.6 is 15.9 Å². The van der Waals surface area contributed by atoms with E-state index >= 15 is 0 Å². The Bertz CT molecular complexity index is 936. The largest absolute Gasteiger partial charge is 0.496 e. The van der Waals surface area contributed by atoms with Gasteiger partial charge in [-0.1, -0.05) is 30.3 Å². The predicted octanol–water partition coefficient (Wildman–Crippen LogP) is 3.03. The van der Waals surface area contributed by atoms with Crippen LogP contribution in [0.2, 0.25) is 0 Å². The molecule has 2 aromatic rings. The molecule has 1 saturated heterocycles. The minimum absolute atomic E-state index is 0.225. The Labute approximate surface area is 168 Å². The van der Waals surface area contributed by atoms with E-state index in [1.807, 2.05) is 35.2 Å². The van der Waals surface area contributed by atoms with Crippen molar-refractivity contribution in [1.82, 2.24) is 9.21 Å². The molecule has 0 aromatic heterocycles. The lowest BCUT2D eigenvalue weighted by Crippen LogP contribution is -2.49. The first-order chi connectivity index (χ1) is 13.0. The fourth-order valence-electron chi connectivity index (χ4n) is 3.16. The average molecular weight is 450 g/mol. The third kappa shape index (κ3) is 4.17. The Balaban J connectivity index is 1.73. The molecule has 1 aliphatic rings. The van der Waals surface area contributed by atoms with Crippen molar-refractivity contribution in [2.45, 2.75) is 10.9 Å². The van der Waals surface area contributed by atoms with Crippen LogP contribution in [0.1, 0.15) is 11.6 Å². The zero-order chi connectivity index (χ0) is 19.4. The van der Waals surface area contributed by atoms with Crippen molar-refractivity contribution in [2.75, 3.05) is 33.3 Å². The van der Waals surface area contributed by atoms with Gasteiger partial charge in [0.05, 0.1) is 22.5 Å². The van der Waals surface area contributed by atoms with Crippen LogP contribution in [0.3, 0.4) is 0 Å². The topological polar surface area (TPSA) is 73.6 Å². The molecule has 0 saturated carbocycles. The summed E-state index contributed by atoms with van der Waals surface area (Å²) >= 11 is 3.34. The van der Waals surface area contributed by atoms with Gasteiger partial charge in [-0.2, -0.15) is 9.57 Å². The number of halogens is 1. The van der Waals surface area contributed by atoms with Gasteiger partial charge in [0.1, 0.15) is 11.8 Å². The summed E-state index contributed by atoms with van der Waals surface area (Å²) in [5.41, 5.74) is 0.926. The van der Waals surface area contributed by atoms with Gasteiger partial charge in [0.25, 0.3) is 0 Å². The van der Waals surface area contributed by atoms with Crippen molar-refractivity contribution in [3.05, 3.63) is 58.6 Å². The van der Waals surface area contributed by atoms with E-state index in [-0.39, 0.29) is 10.9 Å². The number of nitrogens with zero attached hydrogens (tertiary/aromatic N) is 3. The molecule has 0 spiro atoms. The molecule has 0 amide bonds. The lowest BCUT2D eigenvalue weighted by molar-refractivity contribution is 0.162. The van der Waals surface area contributed by atoms with Crippen molar-refractivity contribution in [3.8, 4) is 11.8 Å². The molecule has 142 valence electrons. The van der Waals surface area contributed by atoms with Crippen LogP contribution < -0.4 is 4.74 Å². The molecule has 27 heavy (non-hydrogen) atoms. The van der Waals surface area contributed by atoms with Crippen LogP contribution in [0.25, 0.3) is 0 Å². The fourth-order valence-corrected chi connectivity index (χ4v) is 5.30. The summed E-state index contributed by atoms with van der Waals surface area (Å²) in [7, 11) is -2.06. The summed E-state index contributed by atoms with van der Waals surface area (Å²) in [5.74, 6) is 0.582. The average Bonchev–Trinajstić information content (AvgIpc) is 2.70. The normalized spacial score (nSPS) is 17.2. The summed E-state index contributed by atoms with van der Waals surface area (Å²) in [5, 5.41) is 9.57. The van der Waals surface area contributed by atoms with Gasteiger partial charge in [-0.25, -0.2) is 8.42 Å². The number of nitriles is 1. The lowest BCUT2D eigenvalue weighted by atomic mass is 10.1. The van der Waals surface area contributed by atoms with Crippen molar-refractivity contribution in [3.63, 3.8) is 0 Å². The Kier molecular flexibility index (Phi) is 6.17. The van der Waals surface area contributed by atoms with Gasteiger partial charge in [-0.05, 0) is 39.7 Å². The summed E-state index contributed by atoms with van der Waals surface area (Å²) in [6, 6.07) is 16.3. The minimum atomic E-state index is -3.59. The van der Waals surface area contributed by atoms with Gasteiger partial charge >= 0.3 is 0 Å². The van der Waals surface area contributed by atoms with Crippen molar-refractivity contribution in [1.29, 1.82) is 5.26 Å². The Morgan fingerprint density at radius 1 is 1.11 bits per heavy atom. The third-order valence-electron chi connectivity index (χ3n) is 4.64. The highest BCUT2D eigenvalue weighted by atomic mass is 79.9. The smallest absolute Gasteiger partial charge is 0.243 e. The molecule has 0 radical (unpaired) electrons. The van der Waals surface area contributed by atoms with Crippen molar-refractivity contribution >= 4 is 26.0 Å². The second-order valence-electron chi connectivity index (χ2n) is 6.18. The van der Waals surface area contributed by atoms with Gasteiger partial charge in [0.15, 0.2) is 0 Å². The molecule has 1 unspecified atom stereocenters. The van der Waals surface area contributed by atoms with Crippen LogP contribution in [-0.4, -0.2) is 50.9 Å². The van der Waals surface area contributed by atoms with Gasteiger partial charge in [0, 0.05) is 26.2 Å². The molecule has 3 rings (SSSR count). The van der Waals surface area contributed by atoms with Gasteiger partial charge in [-0.15, -0.1) is 0 Å². The molecular formula is C19H20BrN3O3S. The molecule has 0 bridgehead atoms. The van der Waals surface area contributed by atoms with Gasteiger partial charge in [-0.3, -0.25) is 4.90 Å². The maximum Gasteiger partial charge on any atom is 0.243 e.